The van der Waals surface area contributed by atoms with Crippen molar-refractivity contribution in [3.63, 3.8) is 0 Å². The summed E-state index contributed by atoms with van der Waals surface area (Å²) in [5, 5.41) is 12.7. The SMILES string of the molecule is CSCCCN[C@@H](CO)Cc1ccccc1. The molecule has 2 nitrogen and oxygen atoms in total. The Kier molecular flexibility index (Phi) is 7.30. The van der Waals surface area contributed by atoms with Crippen LogP contribution in [0.3, 0.4) is 0 Å². The van der Waals surface area contributed by atoms with Crippen LogP contribution < -0.4 is 5.32 Å². The summed E-state index contributed by atoms with van der Waals surface area (Å²) >= 11 is 1.86. The van der Waals surface area contributed by atoms with E-state index in [0.717, 1.165) is 19.4 Å². The lowest BCUT2D eigenvalue weighted by molar-refractivity contribution is 0.242. The Balaban J connectivity index is 2.26. The van der Waals surface area contributed by atoms with Gasteiger partial charge in [0.2, 0.25) is 0 Å². The summed E-state index contributed by atoms with van der Waals surface area (Å²) in [6.45, 7) is 1.19. The second kappa shape index (κ2) is 8.62. The van der Waals surface area contributed by atoms with Crippen molar-refractivity contribution in [2.45, 2.75) is 18.9 Å². The minimum atomic E-state index is 0.184. The molecular formula is C13H21NOS. The van der Waals surface area contributed by atoms with Gasteiger partial charge in [-0.1, -0.05) is 30.3 Å². The molecule has 0 saturated heterocycles. The Labute approximate surface area is 102 Å². The summed E-state index contributed by atoms with van der Waals surface area (Å²) in [6.07, 6.45) is 4.18. The second-order valence-corrected chi connectivity index (χ2v) is 4.86. The molecule has 1 aromatic rings. The van der Waals surface area contributed by atoms with Crippen LogP contribution in [0.25, 0.3) is 0 Å². The number of aliphatic hydroxyl groups is 1. The van der Waals surface area contributed by atoms with Crippen molar-refractivity contribution < 1.29 is 5.11 Å². The first-order chi connectivity index (χ1) is 7.86. The number of thioether (sulfide) groups is 1. The number of nitrogens with one attached hydrogen (secondary N) is 1. The Morgan fingerprint density at radius 2 is 2.06 bits per heavy atom. The maximum absolute atomic E-state index is 9.28. The van der Waals surface area contributed by atoms with E-state index in [2.05, 4.69) is 23.7 Å². The van der Waals surface area contributed by atoms with Gasteiger partial charge in [0.05, 0.1) is 6.61 Å². The average molecular weight is 239 g/mol. The van der Waals surface area contributed by atoms with Gasteiger partial charge < -0.3 is 10.4 Å². The lowest BCUT2D eigenvalue weighted by atomic mass is 10.1. The van der Waals surface area contributed by atoms with Gasteiger partial charge in [0.25, 0.3) is 0 Å². The lowest BCUT2D eigenvalue weighted by Crippen LogP contribution is -2.35. The van der Waals surface area contributed by atoms with Crippen LogP contribution in [0.1, 0.15) is 12.0 Å². The fourth-order valence-electron chi connectivity index (χ4n) is 1.62. The van der Waals surface area contributed by atoms with Gasteiger partial charge in [-0.3, -0.25) is 0 Å². The quantitative estimate of drug-likeness (QED) is 0.680. The van der Waals surface area contributed by atoms with E-state index in [-0.39, 0.29) is 12.6 Å². The van der Waals surface area contributed by atoms with Gasteiger partial charge in [-0.25, -0.2) is 0 Å². The lowest BCUT2D eigenvalue weighted by Gasteiger charge is -2.16. The molecular weight excluding hydrogens is 218 g/mol. The van der Waals surface area contributed by atoms with Crippen molar-refractivity contribution in [2.75, 3.05) is 25.2 Å². The maximum atomic E-state index is 9.28. The van der Waals surface area contributed by atoms with Crippen LogP contribution in [0.2, 0.25) is 0 Å². The molecule has 0 aliphatic heterocycles. The first-order valence-corrected chi connectivity index (χ1v) is 7.13. The van der Waals surface area contributed by atoms with E-state index in [9.17, 15) is 5.11 Å². The molecule has 0 amide bonds. The highest BCUT2D eigenvalue weighted by atomic mass is 32.2. The molecule has 0 saturated carbocycles. The van der Waals surface area contributed by atoms with Gasteiger partial charge in [0, 0.05) is 6.04 Å². The molecule has 0 aliphatic rings. The van der Waals surface area contributed by atoms with E-state index in [1.54, 1.807) is 0 Å². The highest BCUT2D eigenvalue weighted by molar-refractivity contribution is 7.98. The van der Waals surface area contributed by atoms with Crippen LogP contribution in [-0.4, -0.2) is 36.3 Å². The molecule has 0 aromatic heterocycles. The standard InChI is InChI=1S/C13H21NOS/c1-16-9-5-8-14-13(11-15)10-12-6-3-2-4-7-12/h2-4,6-7,13-15H,5,8-11H2,1H3/t13-/m1/s1. The Morgan fingerprint density at radius 1 is 1.31 bits per heavy atom. The smallest absolute Gasteiger partial charge is 0.0587 e. The first kappa shape index (κ1) is 13.6. The third kappa shape index (κ3) is 5.54. The van der Waals surface area contributed by atoms with Crippen molar-refractivity contribution in [1.29, 1.82) is 0 Å². The Morgan fingerprint density at radius 3 is 2.69 bits per heavy atom. The normalized spacial score (nSPS) is 12.6. The summed E-state index contributed by atoms with van der Waals surface area (Å²) in [6, 6.07) is 10.5. The molecule has 90 valence electrons. The zero-order chi connectivity index (χ0) is 11.6. The largest absolute Gasteiger partial charge is 0.395 e. The number of benzene rings is 1. The summed E-state index contributed by atoms with van der Waals surface area (Å²) in [5.74, 6) is 1.18. The Bertz CT molecular complexity index is 266. The zero-order valence-corrected chi connectivity index (χ0v) is 10.7. The van der Waals surface area contributed by atoms with Gasteiger partial charge in [-0.05, 0) is 37.0 Å². The molecule has 1 atom stereocenters. The van der Waals surface area contributed by atoms with Gasteiger partial charge >= 0.3 is 0 Å². The van der Waals surface area contributed by atoms with Crippen molar-refractivity contribution in [3.05, 3.63) is 35.9 Å². The molecule has 2 N–H and O–H groups in total. The third-order valence-corrected chi connectivity index (χ3v) is 3.20. The van der Waals surface area contributed by atoms with Crippen LogP contribution in [0.15, 0.2) is 30.3 Å². The van der Waals surface area contributed by atoms with Crippen LogP contribution in [0.5, 0.6) is 0 Å². The molecule has 0 fully saturated rings. The zero-order valence-electron chi connectivity index (χ0n) is 9.86. The topological polar surface area (TPSA) is 32.3 Å². The van der Waals surface area contributed by atoms with E-state index >= 15 is 0 Å². The summed E-state index contributed by atoms with van der Waals surface area (Å²) in [7, 11) is 0. The molecule has 1 aromatic carbocycles. The van der Waals surface area contributed by atoms with E-state index in [1.807, 2.05) is 30.0 Å². The van der Waals surface area contributed by atoms with E-state index in [0.29, 0.717) is 0 Å². The predicted molar refractivity (Wildman–Crippen MR) is 72.0 cm³/mol. The molecule has 1 rings (SSSR count). The first-order valence-electron chi connectivity index (χ1n) is 5.74. The minimum absolute atomic E-state index is 0.184. The van der Waals surface area contributed by atoms with E-state index < -0.39 is 0 Å². The van der Waals surface area contributed by atoms with Crippen LogP contribution in [0.4, 0.5) is 0 Å². The summed E-state index contributed by atoms with van der Waals surface area (Å²) in [4.78, 5) is 0. The number of hydrogen-bond acceptors (Lipinski definition) is 3. The van der Waals surface area contributed by atoms with Gasteiger partial charge in [0.15, 0.2) is 0 Å². The number of rotatable bonds is 8. The average Bonchev–Trinajstić information content (AvgIpc) is 2.34. The van der Waals surface area contributed by atoms with E-state index in [1.165, 1.54) is 11.3 Å². The molecule has 0 spiro atoms. The Hall–Kier alpha value is -0.510. The third-order valence-electron chi connectivity index (χ3n) is 2.50. The highest BCUT2D eigenvalue weighted by Crippen LogP contribution is 2.03. The molecule has 0 unspecified atom stereocenters. The van der Waals surface area contributed by atoms with Gasteiger partial charge in [-0.15, -0.1) is 0 Å². The molecule has 0 radical (unpaired) electrons. The van der Waals surface area contributed by atoms with Crippen molar-refractivity contribution in [1.82, 2.24) is 5.32 Å². The van der Waals surface area contributed by atoms with E-state index in [4.69, 9.17) is 0 Å². The highest BCUT2D eigenvalue weighted by Gasteiger charge is 2.06. The van der Waals surface area contributed by atoms with Crippen LogP contribution in [0, 0.1) is 0 Å². The van der Waals surface area contributed by atoms with Crippen molar-refractivity contribution >= 4 is 11.8 Å². The predicted octanol–water partition coefficient (Wildman–Crippen LogP) is 1.93. The minimum Gasteiger partial charge on any atom is -0.395 e. The van der Waals surface area contributed by atoms with Crippen molar-refractivity contribution in [3.8, 4) is 0 Å². The number of aliphatic hydroxyl groups excluding tert-OH is 1. The monoisotopic (exact) mass is 239 g/mol. The van der Waals surface area contributed by atoms with Crippen LogP contribution in [-0.2, 0) is 6.42 Å². The fraction of sp³-hybridized carbons (Fsp3) is 0.538. The maximum Gasteiger partial charge on any atom is 0.0587 e. The fourth-order valence-corrected chi connectivity index (χ4v) is 2.06. The van der Waals surface area contributed by atoms with Crippen LogP contribution >= 0.6 is 11.8 Å². The van der Waals surface area contributed by atoms with Gasteiger partial charge in [-0.2, -0.15) is 11.8 Å². The molecule has 0 heterocycles. The second-order valence-electron chi connectivity index (χ2n) is 3.87. The number of hydrogen-bond donors (Lipinski definition) is 2. The molecule has 16 heavy (non-hydrogen) atoms. The molecule has 3 heteroatoms. The molecule has 0 bridgehead atoms. The molecule has 0 aliphatic carbocycles. The summed E-state index contributed by atoms with van der Waals surface area (Å²) < 4.78 is 0. The van der Waals surface area contributed by atoms with Crippen molar-refractivity contribution in [2.24, 2.45) is 0 Å². The summed E-state index contributed by atoms with van der Waals surface area (Å²) in [5.41, 5.74) is 1.28. The van der Waals surface area contributed by atoms with Gasteiger partial charge in [0.1, 0.15) is 0 Å².